The minimum atomic E-state index is -1.28. The van der Waals surface area contributed by atoms with Gasteiger partial charge in [0.25, 0.3) is 11.8 Å². The molecule has 0 bridgehead atoms. The van der Waals surface area contributed by atoms with Gasteiger partial charge < -0.3 is 15.4 Å². The number of rotatable bonds is 7. The number of amides is 4. The standard InChI is InChI=1S/C20H22N4O5/c1-19(12-21,13-8-9-13)22-15(25)11-29-16(26)10-24-17(27)20(2,23-18(24)28)14-6-4-3-5-7-14/h3-7,13H,8-11H2,1-2H3,(H,22,25)(H,23,28)/t19-,20+/m0/s1. The van der Waals surface area contributed by atoms with Crippen molar-refractivity contribution < 1.29 is 23.9 Å². The summed E-state index contributed by atoms with van der Waals surface area (Å²) in [5, 5.41) is 14.4. The van der Waals surface area contributed by atoms with Crippen molar-refractivity contribution in [3.63, 3.8) is 0 Å². The predicted molar refractivity (Wildman–Crippen MR) is 99.9 cm³/mol. The van der Waals surface area contributed by atoms with Crippen molar-refractivity contribution in [2.24, 2.45) is 5.92 Å². The van der Waals surface area contributed by atoms with Crippen LogP contribution in [0.5, 0.6) is 0 Å². The van der Waals surface area contributed by atoms with Crippen molar-refractivity contribution in [3.05, 3.63) is 35.9 Å². The molecule has 1 aromatic rings. The van der Waals surface area contributed by atoms with Gasteiger partial charge in [-0.2, -0.15) is 5.26 Å². The summed E-state index contributed by atoms with van der Waals surface area (Å²) in [6.07, 6.45) is 1.72. The van der Waals surface area contributed by atoms with E-state index in [1.54, 1.807) is 44.2 Å². The monoisotopic (exact) mass is 398 g/mol. The van der Waals surface area contributed by atoms with E-state index in [9.17, 15) is 24.4 Å². The van der Waals surface area contributed by atoms with Crippen LogP contribution >= 0.6 is 0 Å². The topological polar surface area (TPSA) is 129 Å². The highest BCUT2D eigenvalue weighted by Gasteiger charge is 2.49. The number of benzene rings is 1. The molecule has 0 radical (unpaired) electrons. The Kier molecular flexibility index (Phi) is 5.29. The number of ether oxygens (including phenoxy) is 1. The maximum Gasteiger partial charge on any atom is 0.326 e. The molecule has 0 spiro atoms. The molecule has 9 heteroatoms. The number of nitriles is 1. The molecule has 1 aliphatic heterocycles. The maximum atomic E-state index is 12.7. The van der Waals surface area contributed by atoms with Crippen LogP contribution in [0.4, 0.5) is 4.79 Å². The quantitative estimate of drug-likeness (QED) is 0.516. The highest BCUT2D eigenvalue weighted by atomic mass is 16.5. The molecule has 4 amide bonds. The van der Waals surface area contributed by atoms with Gasteiger partial charge in [0.05, 0.1) is 6.07 Å². The van der Waals surface area contributed by atoms with Crippen LogP contribution in [0.1, 0.15) is 32.3 Å². The lowest BCUT2D eigenvalue weighted by Gasteiger charge is -2.23. The fraction of sp³-hybridized carbons (Fsp3) is 0.450. The van der Waals surface area contributed by atoms with Crippen LogP contribution in [-0.4, -0.2) is 47.4 Å². The van der Waals surface area contributed by atoms with Gasteiger partial charge in [-0.25, -0.2) is 4.79 Å². The van der Waals surface area contributed by atoms with E-state index >= 15 is 0 Å². The minimum Gasteiger partial charge on any atom is -0.454 e. The zero-order chi connectivity index (χ0) is 21.2. The second-order valence-electron chi connectivity index (χ2n) is 7.61. The summed E-state index contributed by atoms with van der Waals surface area (Å²) in [4.78, 5) is 49.8. The number of carbonyl (C=O) groups is 4. The third kappa shape index (κ3) is 4.06. The highest BCUT2D eigenvalue weighted by molar-refractivity contribution is 6.08. The number of urea groups is 1. The molecular weight excluding hydrogens is 376 g/mol. The molecule has 1 aromatic carbocycles. The molecule has 1 aliphatic carbocycles. The summed E-state index contributed by atoms with van der Waals surface area (Å²) in [5.74, 6) is -2.00. The molecule has 29 heavy (non-hydrogen) atoms. The lowest BCUT2D eigenvalue weighted by molar-refractivity contribution is -0.151. The van der Waals surface area contributed by atoms with E-state index in [2.05, 4.69) is 16.7 Å². The van der Waals surface area contributed by atoms with E-state index in [1.807, 2.05) is 0 Å². The second-order valence-corrected chi connectivity index (χ2v) is 7.61. The first-order valence-corrected chi connectivity index (χ1v) is 9.27. The molecule has 1 saturated carbocycles. The van der Waals surface area contributed by atoms with Crippen molar-refractivity contribution in [2.75, 3.05) is 13.2 Å². The first-order valence-electron chi connectivity index (χ1n) is 9.27. The Labute approximate surface area is 168 Å². The van der Waals surface area contributed by atoms with E-state index in [0.717, 1.165) is 17.7 Å². The van der Waals surface area contributed by atoms with E-state index in [1.165, 1.54) is 0 Å². The van der Waals surface area contributed by atoms with Gasteiger partial charge in [0, 0.05) is 0 Å². The lowest BCUT2D eigenvalue weighted by Crippen LogP contribution is -2.48. The van der Waals surface area contributed by atoms with Gasteiger partial charge in [-0.1, -0.05) is 30.3 Å². The fourth-order valence-corrected chi connectivity index (χ4v) is 3.34. The molecule has 3 rings (SSSR count). The van der Waals surface area contributed by atoms with Gasteiger partial charge in [-0.3, -0.25) is 19.3 Å². The highest BCUT2D eigenvalue weighted by Crippen LogP contribution is 2.39. The number of hydrogen-bond donors (Lipinski definition) is 2. The first-order chi connectivity index (χ1) is 13.7. The van der Waals surface area contributed by atoms with Crippen LogP contribution in [-0.2, 0) is 24.7 Å². The third-order valence-electron chi connectivity index (χ3n) is 5.30. The predicted octanol–water partition coefficient (Wildman–Crippen LogP) is 0.805. The Morgan fingerprint density at radius 1 is 1.34 bits per heavy atom. The summed E-state index contributed by atoms with van der Waals surface area (Å²) >= 11 is 0. The largest absolute Gasteiger partial charge is 0.454 e. The average Bonchev–Trinajstić information content (AvgIpc) is 3.53. The average molecular weight is 398 g/mol. The van der Waals surface area contributed by atoms with Crippen LogP contribution in [0.3, 0.4) is 0 Å². The number of nitrogens with one attached hydrogen (secondary N) is 2. The van der Waals surface area contributed by atoms with Crippen LogP contribution in [0, 0.1) is 17.2 Å². The van der Waals surface area contributed by atoms with Crippen LogP contribution in [0.15, 0.2) is 30.3 Å². The van der Waals surface area contributed by atoms with E-state index < -0.39 is 48.0 Å². The van der Waals surface area contributed by atoms with Crippen molar-refractivity contribution >= 4 is 23.8 Å². The second kappa shape index (κ2) is 7.54. The Morgan fingerprint density at radius 3 is 2.59 bits per heavy atom. The van der Waals surface area contributed by atoms with Crippen molar-refractivity contribution in [3.8, 4) is 6.07 Å². The van der Waals surface area contributed by atoms with Crippen molar-refractivity contribution in [2.45, 2.75) is 37.8 Å². The number of carbonyl (C=O) groups excluding carboxylic acids is 4. The molecule has 0 unspecified atom stereocenters. The third-order valence-corrected chi connectivity index (χ3v) is 5.30. The zero-order valence-corrected chi connectivity index (χ0v) is 16.2. The fourth-order valence-electron chi connectivity index (χ4n) is 3.34. The van der Waals surface area contributed by atoms with Gasteiger partial charge in [0.15, 0.2) is 6.61 Å². The Bertz CT molecular complexity index is 892. The van der Waals surface area contributed by atoms with E-state index in [4.69, 9.17) is 4.74 Å². The van der Waals surface area contributed by atoms with Crippen LogP contribution in [0.2, 0.25) is 0 Å². The number of nitrogens with zero attached hydrogens (tertiary/aromatic N) is 2. The SMILES string of the molecule is C[C@]1(c2ccccc2)NC(=O)N(CC(=O)OCC(=O)N[C@@](C)(C#N)C2CC2)C1=O. The normalized spacial score (nSPS) is 23.0. The number of esters is 1. The van der Waals surface area contributed by atoms with Crippen molar-refractivity contribution in [1.29, 1.82) is 5.26 Å². The lowest BCUT2D eigenvalue weighted by atomic mass is 9.92. The van der Waals surface area contributed by atoms with Crippen molar-refractivity contribution in [1.82, 2.24) is 15.5 Å². The zero-order valence-electron chi connectivity index (χ0n) is 16.2. The molecule has 2 atom stereocenters. The smallest absolute Gasteiger partial charge is 0.326 e. The van der Waals surface area contributed by atoms with Crippen LogP contribution in [0.25, 0.3) is 0 Å². The minimum absolute atomic E-state index is 0.0914. The van der Waals surface area contributed by atoms with Gasteiger partial charge >= 0.3 is 12.0 Å². The molecule has 152 valence electrons. The summed E-state index contributed by atoms with van der Waals surface area (Å²) in [5.41, 5.74) is -1.69. The Morgan fingerprint density at radius 2 is 2.00 bits per heavy atom. The van der Waals surface area contributed by atoms with E-state index in [-0.39, 0.29) is 5.92 Å². The summed E-state index contributed by atoms with van der Waals surface area (Å²) in [6.45, 7) is 1.98. The number of hydrogen-bond acceptors (Lipinski definition) is 6. The van der Waals surface area contributed by atoms with Gasteiger partial charge in [-0.05, 0) is 38.2 Å². The van der Waals surface area contributed by atoms with Crippen LogP contribution < -0.4 is 10.6 Å². The van der Waals surface area contributed by atoms with E-state index in [0.29, 0.717) is 5.56 Å². The summed E-state index contributed by atoms with van der Waals surface area (Å²) < 4.78 is 4.89. The molecule has 1 heterocycles. The molecule has 0 aromatic heterocycles. The molecule has 2 N–H and O–H groups in total. The maximum absolute atomic E-state index is 12.7. The van der Waals surface area contributed by atoms with Gasteiger partial charge in [-0.15, -0.1) is 0 Å². The van der Waals surface area contributed by atoms with Gasteiger partial charge in [0.1, 0.15) is 17.6 Å². The summed E-state index contributed by atoms with van der Waals surface area (Å²) in [7, 11) is 0. The Balaban J connectivity index is 1.55. The molecule has 1 saturated heterocycles. The molecule has 2 aliphatic rings. The summed E-state index contributed by atoms with van der Waals surface area (Å²) in [6, 6.07) is 10.0. The first kappa shape index (κ1) is 20.3. The Hall–Kier alpha value is -3.41. The molecular formula is C20H22N4O5. The molecule has 2 fully saturated rings. The van der Waals surface area contributed by atoms with Gasteiger partial charge in [0.2, 0.25) is 0 Å². The molecule has 9 nitrogen and oxygen atoms in total. The number of imide groups is 1.